The first-order valence-electron chi connectivity index (χ1n) is 10.2. The summed E-state index contributed by atoms with van der Waals surface area (Å²) in [6, 6.07) is 8.48. The molecular formula is C21H29N5O2. The van der Waals surface area contributed by atoms with E-state index in [0.717, 1.165) is 42.1 Å². The van der Waals surface area contributed by atoms with Crippen LogP contribution in [0.15, 0.2) is 24.3 Å². The largest absolute Gasteiger partial charge is 0.444 e. The molecule has 7 nitrogen and oxygen atoms in total. The number of para-hydroxylation sites is 2. The van der Waals surface area contributed by atoms with Gasteiger partial charge in [0.15, 0.2) is 11.6 Å². The van der Waals surface area contributed by atoms with E-state index in [-0.39, 0.29) is 12.1 Å². The lowest BCUT2D eigenvalue weighted by Gasteiger charge is -2.35. The van der Waals surface area contributed by atoms with Gasteiger partial charge in [0, 0.05) is 25.2 Å². The Kier molecular flexibility index (Phi) is 5.00. The Morgan fingerprint density at radius 2 is 1.82 bits per heavy atom. The van der Waals surface area contributed by atoms with E-state index < -0.39 is 5.60 Å². The summed E-state index contributed by atoms with van der Waals surface area (Å²) in [6.45, 7) is 7.23. The van der Waals surface area contributed by atoms with Gasteiger partial charge in [-0.05, 0) is 58.6 Å². The number of amides is 1. The van der Waals surface area contributed by atoms with Crippen molar-refractivity contribution in [1.29, 1.82) is 0 Å². The van der Waals surface area contributed by atoms with E-state index in [1.54, 1.807) is 0 Å². The van der Waals surface area contributed by atoms with Gasteiger partial charge in [0.1, 0.15) is 5.60 Å². The SMILES string of the molecule is CC(C)(C)OC(=O)N[C@@H]1CCCN(c2nc3ccccc3nc2NC2CC2)C1. The van der Waals surface area contributed by atoms with E-state index in [4.69, 9.17) is 14.7 Å². The van der Waals surface area contributed by atoms with Crippen molar-refractivity contribution in [2.45, 2.75) is 64.1 Å². The van der Waals surface area contributed by atoms with Crippen LogP contribution in [0.4, 0.5) is 16.4 Å². The molecule has 2 heterocycles. The Balaban J connectivity index is 1.53. The second-order valence-electron chi connectivity index (χ2n) is 8.73. The van der Waals surface area contributed by atoms with Crippen LogP contribution in [0.25, 0.3) is 11.0 Å². The minimum Gasteiger partial charge on any atom is -0.444 e. The van der Waals surface area contributed by atoms with Crippen LogP contribution in [0, 0.1) is 0 Å². The minimum absolute atomic E-state index is 0.0330. The topological polar surface area (TPSA) is 79.4 Å². The standard InChI is InChI=1S/C21H29N5O2/c1-21(2,3)28-20(27)23-15-7-6-12-26(13-15)19-18(22-14-10-11-14)24-16-8-4-5-9-17(16)25-19/h4-5,8-9,14-15H,6-7,10-13H2,1-3H3,(H,22,24)(H,23,27)/t15-/m1/s1. The number of ether oxygens (including phenoxy) is 1. The smallest absolute Gasteiger partial charge is 0.407 e. The van der Waals surface area contributed by atoms with Crippen molar-refractivity contribution in [3.8, 4) is 0 Å². The zero-order valence-corrected chi connectivity index (χ0v) is 16.9. The number of nitrogens with one attached hydrogen (secondary N) is 2. The number of carbonyl (C=O) groups excluding carboxylic acids is 1. The van der Waals surface area contributed by atoms with Gasteiger partial charge in [-0.2, -0.15) is 0 Å². The van der Waals surface area contributed by atoms with E-state index in [0.29, 0.717) is 12.6 Å². The number of carbonyl (C=O) groups is 1. The molecule has 2 N–H and O–H groups in total. The molecule has 0 bridgehead atoms. The summed E-state index contributed by atoms with van der Waals surface area (Å²) in [5, 5.41) is 6.55. The fourth-order valence-electron chi connectivity index (χ4n) is 3.49. The molecule has 2 aliphatic rings. The molecule has 150 valence electrons. The molecule has 28 heavy (non-hydrogen) atoms. The van der Waals surface area contributed by atoms with Crippen molar-refractivity contribution in [3.05, 3.63) is 24.3 Å². The third kappa shape index (κ3) is 4.64. The zero-order chi connectivity index (χ0) is 19.7. The first kappa shape index (κ1) is 18.8. The number of nitrogens with zero attached hydrogens (tertiary/aromatic N) is 3. The predicted molar refractivity (Wildman–Crippen MR) is 111 cm³/mol. The van der Waals surface area contributed by atoms with Crippen LogP contribution in [0.5, 0.6) is 0 Å². The first-order chi connectivity index (χ1) is 13.4. The second-order valence-corrected chi connectivity index (χ2v) is 8.73. The number of rotatable bonds is 4. The molecule has 1 aromatic carbocycles. The Morgan fingerprint density at radius 1 is 1.11 bits per heavy atom. The Morgan fingerprint density at radius 3 is 2.50 bits per heavy atom. The van der Waals surface area contributed by atoms with Crippen LogP contribution >= 0.6 is 0 Å². The van der Waals surface area contributed by atoms with Gasteiger partial charge in [-0.15, -0.1) is 0 Å². The van der Waals surface area contributed by atoms with Crippen LogP contribution < -0.4 is 15.5 Å². The van der Waals surface area contributed by atoms with Gasteiger partial charge in [0.2, 0.25) is 0 Å². The first-order valence-corrected chi connectivity index (χ1v) is 10.2. The number of hydrogen-bond donors (Lipinski definition) is 2. The number of piperidine rings is 1. The molecule has 1 aromatic heterocycles. The maximum atomic E-state index is 12.2. The number of fused-ring (bicyclic) bond motifs is 1. The quantitative estimate of drug-likeness (QED) is 0.838. The molecule has 1 saturated heterocycles. The van der Waals surface area contributed by atoms with E-state index in [9.17, 15) is 4.79 Å². The maximum Gasteiger partial charge on any atom is 0.407 e. The fourth-order valence-corrected chi connectivity index (χ4v) is 3.49. The zero-order valence-electron chi connectivity index (χ0n) is 16.9. The van der Waals surface area contributed by atoms with E-state index in [2.05, 4.69) is 15.5 Å². The number of hydrogen-bond acceptors (Lipinski definition) is 6. The van der Waals surface area contributed by atoms with Gasteiger partial charge in [-0.3, -0.25) is 0 Å². The van der Waals surface area contributed by atoms with Crippen molar-refractivity contribution < 1.29 is 9.53 Å². The molecular weight excluding hydrogens is 354 g/mol. The highest BCUT2D eigenvalue weighted by atomic mass is 16.6. The molecule has 1 aliphatic heterocycles. The summed E-state index contributed by atoms with van der Waals surface area (Å²) in [4.78, 5) is 24.2. The van der Waals surface area contributed by atoms with Gasteiger partial charge in [-0.25, -0.2) is 14.8 Å². The fraction of sp³-hybridized carbons (Fsp3) is 0.571. The third-order valence-electron chi connectivity index (χ3n) is 4.91. The van der Waals surface area contributed by atoms with Crippen molar-refractivity contribution >= 4 is 28.8 Å². The van der Waals surface area contributed by atoms with Crippen molar-refractivity contribution in [2.24, 2.45) is 0 Å². The molecule has 7 heteroatoms. The maximum absolute atomic E-state index is 12.2. The molecule has 0 radical (unpaired) electrons. The number of alkyl carbamates (subject to hydrolysis) is 1. The van der Waals surface area contributed by atoms with Crippen LogP contribution in [0.2, 0.25) is 0 Å². The average molecular weight is 383 g/mol. The lowest BCUT2D eigenvalue weighted by Crippen LogP contribution is -2.49. The van der Waals surface area contributed by atoms with Gasteiger partial charge in [0.05, 0.1) is 11.0 Å². The van der Waals surface area contributed by atoms with Gasteiger partial charge >= 0.3 is 6.09 Å². The Bertz CT molecular complexity index is 859. The van der Waals surface area contributed by atoms with Crippen LogP contribution in [0.1, 0.15) is 46.5 Å². The van der Waals surface area contributed by atoms with Crippen LogP contribution in [-0.4, -0.2) is 46.8 Å². The van der Waals surface area contributed by atoms with Crippen molar-refractivity contribution in [2.75, 3.05) is 23.3 Å². The van der Waals surface area contributed by atoms with Gasteiger partial charge in [-0.1, -0.05) is 12.1 Å². The third-order valence-corrected chi connectivity index (χ3v) is 4.91. The van der Waals surface area contributed by atoms with Crippen molar-refractivity contribution in [1.82, 2.24) is 15.3 Å². The van der Waals surface area contributed by atoms with Crippen LogP contribution in [0.3, 0.4) is 0 Å². The monoisotopic (exact) mass is 383 g/mol. The molecule has 1 saturated carbocycles. The minimum atomic E-state index is -0.496. The van der Waals surface area contributed by atoms with Gasteiger partial charge in [0.25, 0.3) is 0 Å². The summed E-state index contributed by atoms with van der Waals surface area (Å²) in [5.74, 6) is 1.72. The number of benzene rings is 1. The molecule has 0 spiro atoms. The average Bonchev–Trinajstić information content (AvgIpc) is 3.44. The van der Waals surface area contributed by atoms with E-state index in [1.165, 1.54) is 12.8 Å². The summed E-state index contributed by atoms with van der Waals surface area (Å²) in [5.41, 5.74) is 1.29. The lowest BCUT2D eigenvalue weighted by molar-refractivity contribution is 0.0500. The Labute approximate surface area is 165 Å². The molecule has 2 fully saturated rings. The number of anilines is 2. The van der Waals surface area contributed by atoms with Crippen LogP contribution in [-0.2, 0) is 4.74 Å². The highest BCUT2D eigenvalue weighted by molar-refractivity contribution is 5.80. The summed E-state index contributed by atoms with van der Waals surface area (Å²) in [6.07, 6.45) is 3.91. The van der Waals surface area contributed by atoms with Gasteiger partial charge < -0.3 is 20.3 Å². The molecule has 1 aliphatic carbocycles. The normalized spacial score (nSPS) is 20.1. The molecule has 1 atom stereocenters. The molecule has 4 rings (SSSR count). The highest BCUT2D eigenvalue weighted by Crippen LogP contribution is 2.32. The van der Waals surface area contributed by atoms with Crippen molar-refractivity contribution in [3.63, 3.8) is 0 Å². The summed E-state index contributed by atoms with van der Waals surface area (Å²) in [7, 11) is 0. The predicted octanol–water partition coefficient (Wildman–Crippen LogP) is 3.70. The molecule has 1 amide bonds. The molecule has 0 unspecified atom stereocenters. The summed E-state index contributed by atoms with van der Waals surface area (Å²) >= 11 is 0. The second kappa shape index (κ2) is 7.45. The lowest BCUT2D eigenvalue weighted by atomic mass is 10.1. The van der Waals surface area contributed by atoms with E-state index >= 15 is 0 Å². The van der Waals surface area contributed by atoms with E-state index in [1.807, 2.05) is 45.0 Å². The summed E-state index contributed by atoms with van der Waals surface area (Å²) < 4.78 is 5.41. The molecule has 2 aromatic rings. The Hall–Kier alpha value is -2.57. The number of aromatic nitrogens is 2. The highest BCUT2D eigenvalue weighted by Gasteiger charge is 2.29.